The second-order valence-electron chi connectivity index (χ2n) is 4.67. The van der Waals surface area contributed by atoms with Crippen LogP contribution in [0.15, 0.2) is 28.7 Å². The monoisotopic (exact) mass is 353 g/mol. The Morgan fingerprint density at radius 3 is 2.33 bits per heavy atom. The van der Waals surface area contributed by atoms with Crippen molar-refractivity contribution in [2.45, 2.75) is 6.92 Å². The third-order valence-electron chi connectivity index (χ3n) is 3.24. The molecule has 1 saturated heterocycles. The number of likely N-dealkylation sites (N-methyl/N-ethyl adjacent to an activating group) is 1. The van der Waals surface area contributed by atoms with Gasteiger partial charge in [0.2, 0.25) is 5.91 Å². The van der Waals surface area contributed by atoms with Crippen molar-refractivity contribution in [2.24, 2.45) is 0 Å². The van der Waals surface area contributed by atoms with Gasteiger partial charge in [-0.1, -0.05) is 15.9 Å². The summed E-state index contributed by atoms with van der Waals surface area (Å²) >= 11 is 3.31. The van der Waals surface area contributed by atoms with Crippen LogP contribution >= 0.6 is 15.9 Å². The second kappa shape index (κ2) is 6.71. The summed E-state index contributed by atoms with van der Waals surface area (Å²) in [5, 5.41) is 2.70. The predicted octanol–water partition coefficient (Wildman–Crippen LogP) is 1.08. The number of hydrogen-bond acceptors (Lipinski definition) is 3. The van der Waals surface area contributed by atoms with Gasteiger partial charge in [-0.05, 0) is 31.2 Å². The Balaban J connectivity index is 1.92. The number of rotatable bonds is 4. The quantitative estimate of drug-likeness (QED) is 0.823. The number of anilines is 1. The van der Waals surface area contributed by atoms with E-state index in [0.717, 1.165) is 4.47 Å². The number of benzene rings is 1. The van der Waals surface area contributed by atoms with Crippen LogP contribution < -0.4 is 5.32 Å². The van der Waals surface area contributed by atoms with Gasteiger partial charge in [-0.15, -0.1) is 0 Å². The molecule has 1 aromatic carbocycles. The van der Waals surface area contributed by atoms with Crippen LogP contribution in [-0.4, -0.2) is 53.7 Å². The molecule has 6 nitrogen and oxygen atoms in total. The van der Waals surface area contributed by atoms with Gasteiger partial charge in [0.15, 0.2) is 0 Å². The lowest BCUT2D eigenvalue weighted by Gasteiger charge is -2.32. The summed E-state index contributed by atoms with van der Waals surface area (Å²) in [7, 11) is 0. The summed E-state index contributed by atoms with van der Waals surface area (Å²) in [4.78, 5) is 38.3. The van der Waals surface area contributed by atoms with Gasteiger partial charge >= 0.3 is 11.8 Å². The molecule has 0 aromatic heterocycles. The molecular weight excluding hydrogens is 338 g/mol. The summed E-state index contributed by atoms with van der Waals surface area (Å²) in [5.41, 5.74) is 0.647. The lowest BCUT2D eigenvalue weighted by molar-refractivity contribution is -0.156. The van der Waals surface area contributed by atoms with Crippen molar-refractivity contribution in [3.63, 3.8) is 0 Å². The third kappa shape index (κ3) is 3.81. The van der Waals surface area contributed by atoms with E-state index in [1.54, 1.807) is 12.1 Å². The van der Waals surface area contributed by atoms with Crippen molar-refractivity contribution >= 4 is 39.3 Å². The topological polar surface area (TPSA) is 69.7 Å². The molecule has 112 valence electrons. The zero-order chi connectivity index (χ0) is 15.4. The van der Waals surface area contributed by atoms with Crippen LogP contribution in [0.3, 0.4) is 0 Å². The maximum absolute atomic E-state index is 11.9. The Bertz CT molecular complexity index is 559. The van der Waals surface area contributed by atoms with Gasteiger partial charge in [0.05, 0.1) is 0 Å². The smallest absolute Gasteiger partial charge is 0.312 e. The average molecular weight is 354 g/mol. The highest BCUT2D eigenvalue weighted by molar-refractivity contribution is 9.10. The third-order valence-corrected chi connectivity index (χ3v) is 3.77. The zero-order valence-corrected chi connectivity index (χ0v) is 13.2. The standard InChI is InChI=1S/C14H16BrN3O3/c1-2-17-7-8-18(14(21)13(17)20)9-12(19)16-11-5-3-10(15)4-6-11/h3-6H,2,7-9H2,1H3,(H,16,19). The van der Waals surface area contributed by atoms with Gasteiger partial charge in [0, 0.05) is 29.8 Å². The fourth-order valence-electron chi connectivity index (χ4n) is 2.07. The second-order valence-corrected chi connectivity index (χ2v) is 5.58. The SMILES string of the molecule is CCN1CCN(CC(=O)Nc2ccc(Br)cc2)C(=O)C1=O. The van der Waals surface area contributed by atoms with Gasteiger partial charge in [-0.2, -0.15) is 0 Å². The van der Waals surface area contributed by atoms with Crippen LogP contribution in [0.25, 0.3) is 0 Å². The molecule has 0 atom stereocenters. The van der Waals surface area contributed by atoms with Crippen LogP contribution in [0.5, 0.6) is 0 Å². The molecule has 21 heavy (non-hydrogen) atoms. The number of piperazine rings is 1. The molecule has 1 aromatic rings. The van der Waals surface area contributed by atoms with Crippen molar-refractivity contribution < 1.29 is 14.4 Å². The summed E-state index contributed by atoms with van der Waals surface area (Å²) in [6.07, 6.45) is 0. The van der Waals surface area contributed by atoms with E-state index in [9.17, 15) is 14.4 Å². The van der Waals surface area contributed by atoms with E-state index in [2.05, 4.69) is 21.2 Å². The Hall–Kier alpha value is -1.89. The highest BCUT2D eigenvalue weighted by Crippen LogP contribution is 2.14. The molecule has 0 aliphatic carbocycles. The van der Waals surface area contributed by atoms with Gasteiger partial charge in [0.25, 0.3) is 0 Å². The van der Waals surface area contributed by atoms with Gasteiger partial charge in [-0.25, -0.2) is 0 Å². The maximum Gasteiger partial charge on any atom is 0.312 e. The van der Waals surface area contributed by atoms with E-state index in [0.29, 0.717) is 25.3 Å². The van der Waals surface area contributed by atoms with Crippen LogP contribution in [0, 0.1) is 0 Å². The lowest BCUT2D eigenvalue weighted by atomic mass is 10.2. The molecule has 7 heteroatoms. The minimum Gasteiger partial charge on any atom is -0.333 e. The Morgan fingerprint density at radius 1 is 1.14 bits per heavy atom. The summed E-state index contributed by atoms with van der Waals surface area (Å²) < 4.78 is 0.914. The van der Waals surface area contributed by atoms with Crippen molar-refractivity contribution in [2.75, 3.05) is 31.5 Å². The molecular formula is C14H16BrN3O3. The highest BCUT2D eigenvalue weighted by atomic mass is 79.9. The average Bonchev–Trinajstić information content (AvgIpc) is 2.47. The molecule has 0 unspecified atom stereocenters. The van der Waals surface area contributed by atoms with Crippen molar-refractivity contribution in [1.29, 1.82) is 0 Å². The number of carbonyl (C=O) groups is 3. The lowest BCUT2D eigenvalue weighted by Crippen LogP contribution is -2.55. The number of hydrogen-bond donors (Lipinski definition) is 1. The first kappa shape index (κ1) is 15.5. The molecule has 1 fully saturated rings. The number of halogens is 1. The van der Waals surface area contributed by atoms with Crippen molar-refractivity contribution in [1.82, 2.24) is 9.80 Å². The fourth-order valence-corrected chi connectivity index (χ4v) is 2.34. The molecule has 0 bridgehead atoms. The highest BCUT2D eigenvalue weighted by Gasteiger charge is 2.32. The van der Waals surface area contributed by atoms with Crippen LogP contribution in [0.2, 0.25) is 0 Å². The fraction of sp³-hybridized carbons (Fsp3) is 0.357. The summed E-state index contributed by atoms with van der Waals surface area (Å²) in [6, 6.07) is 7.13. The Kier molecular flexibility index (Phi) is 4.95. The Morgan fingerprint density at radius 2 is 1.71 bits per heavy atom. The van der Waals surface area contributed by atoms with E-state index < -0.39 is 11.8 Å². The molecule has 0 radical (unpaired) electrons. The van der Waals surface area contributed by atoms with Crippen LogP contribution in [-0.2, 0) is 14.4 Å². The number of carbonyl (C=O) groups excluding carboxylic acids is 3. The normalized spacial score (nSPS) is 15.3. The molecule has 3 amide bonds. The van der Waals surface area contributed by atoms with Gasteiger partial charge in [0.1, 0.15) is 6.54 Å². The van der Waals surface area contributed by atoms with Gasteiger partial charge < -0.3 is 15.1 Å². The van der Waals surface area contributed by atoms with E-state index in [1.807, 2.05) is 19.1 Å². The van der Waals surface area contributed by atoms with Crippen LogP contribution in [0.1, 0.15) is 6.92 Å². The molecule has 1 aliphatic heterocycles. The first-order chi connectivity index (χ1) is 10.0. The zero-order valence-electron chi connectivity index (χ0n) is 11.6. The molecule has 2 rings (SSSR count). The molecule has 0 saturated carbocycles. The largest absolute Gasteiger partial charge is 0.333 e. The Labute approximate surface area is 131 Å². The van der Waals surface area contributed by atoms with Crippen molar-refractivity contribution in [3.8, 4) is 0 Å². The number of nitrogens with one attached hydrogen (secondary N) is 1. The summed E-state index contributed by atoms with van der Waals surface area (Å²) in [5.74, 6) is -1.47. The van der Waals surface area contributed by atoms with E-state index in [-0.39, 0.29) is 12.5 Å². The predicted molar refractivity (Wildman–Crippen MR) is 81.6 cm³/mol. The number of amides is 3. The molecule has 1 heterocycles. The minimum atomic E-state index is -0.617. The van der Waals surface area contributed by atoms with Crippen LogP contribution in [0.4, 0.5) is 5.69 Å². The van der Waals surface area contributed by atoms with E-state index >= 15 is 0 Å². The molecule has 1 N–H and O–H groups in total. The first-order valence-corrected chi connectivity index (χ1v) is 7.44. The summed E-state index contributed by atoms with van der Waals surface area (Å²) in [6.45, 7) is 3.06. The van der Waals surface area contributed by atoms with E-state index in [1.165, 1.54) is 9.80 Å². The maximum atomic E-state index is 11.9. The molecule has 1 aliphatic rings. The molecule has 0 spiro atoms. The number of nitrogens with zero attached hydrogens (tertiary/aromatic N) is 2. The first-order valence-electron chi connectivity index (χ1n) is 6.65. The van der Waals surface area contributed by atoms with Crippen molar-refractivity contribution in [3.05, 3.63) is 28.7 Å². The van der Waals surface area contributed by atoms with Gasteiger partial charge in [-0.3, -0.25) is 14.4 Å². The minimum absolute atomic E-state index is 0.113. The van der Waals surface area contributed by atoms with E-state index in [4.69, 9.17) is 0 Å².